The van der Waals surface area contributed by atoms with Crippen LogP contribution in [-0.2, 0) is 15.6 Å². The van der Waals surface area contributed by atoms with Crippen molar-refractivity contribution in [3.05, 3.63) is 53.5 Å². The molecule has 1 heterocycles. The lowest BCUT2D eigenvalue weighted by Crippen LogP contribution is -2.32. The average Bonchev–Trinajstić information content (AvgIpc) is 3.04. The number of benzene rings is 2. The molecule has 0 aliphatic rings. The summed E-state index contributed by atoms with van der Waals surface area (Å²) in [5.74, 6) is -0.864. The van der Waals surface area contributed by atoms with E-state index in [0.29, 0.717) is 22.2 Å². The molecule has 0 fully saturated rings. The molecule has 31 heavy (non-hydrogen) atoms. The number of anilines is 1. The van der Waals surface area contributed by atoms with Crippen molar-refractivity contribution in [2.75, 3.05) is 24.2 Å². The molecule has 3 rings (SSSR count). The number of hydrogen-bond donors (Lipinski definition) is 2. The standard InChI is InChI=1S/C21H25FN4O4S/c1-6-25(31(5,29)30)18-12-17-15(11-16(18)21(2,3)28)19(20(27)23-4)26(24-17)14-9-7-13(22)8-10-14/h7-12,28H,6H2,1-5H3,(H,23,27). The number of amides is 1. The lowest BCUT2D eigenvalue weighted by Gasteiger charge is -2.28. The van der Waals surface area contributed by atoms with Crippen LogP contribution in [0.4, 0.5) is 10.1 Å². The first-order valence-electron chi connectivity index (χ1n) is 9.63. The van der Waals surface area contributed by atoms with Crippen molar-refractivity contribution in [2.24, 2.45) is 0 Å². The fourth-order valence-corrected chi connectivity index (χ4v) is 4.48. The Bertz CT molecular complexity index is 1250. The van der Waals surface area contributed by atoms with Crippen molar-refractivity contribution in [3.63, 3.8) is 0 Å². The Morgan fingerprint density at radius 1 is 1.26 bits per heavy atom. The first-order chi connectivity index (χ1) is 14.4. The van der Waals surface area contributed by atoms with Gasteiger partial charge in [-0.05, 0) is 57.2 Å². The maximum atomic E-state index is 13.4. The predicted octanol–water partition coefficient (Wildman–Crippen LogP) is 2.54. The van der Waals surface area contributed by atoms with Crippen molar-refractivity contribution in [1.82, 2.24) is 15.1 Å². The Kier molecular flexibility index (Phi) is 5.81. The number of aromatic nitrogens is 2. The largest absolute Gasteiger partial charge is 0.386 e. The van der Waals surface area contributed by atoms with Crippen molar-refractivity contribution >= 4 is 32.5 Å². The van der Waals surface area contributed by atoms with Crippen LogP contribution in [0.1, 0.15) is 36.8 Å². The van der Waals surface area contributed by atoms with Crippen LogP contribution < -0.4 is 9.62 Å². The van der Waals surface area contributed by atoms with E-state index in [1.165, 1.54) is 54.1 Å². The van der Waals surface area contributed by atoms with Gasteiger partial charge in [-0.1, -0.05) is 0 Å². The molecule has 2 N–H and O–H groups in total. The van der Waals surface area contributed by atoms with Crippen LogP contribution in [0.15, 0.2) is 36.4 Å². The number of rotatable bonds is 6. The summed E-state index contributed by atoms with van der Waals surface area (Å²) >= 11 is 0. The van der Waals surface area contributed by atoms with Crippen LogP contribution in [0.3, 0.4) is 0 Å². The smallest absolute Gasteiger partial charge is 0.270 e. The average molecular weight is 449 g/mol. The Hall–Kier alpha value is -2.98. The number of carbonyl (C=O) groups excluding carboxylic acids is 1. The quantitative estimate of drug-likeness (QED) is 0.603. The summed E-state index contributed by atoms with van der Waals surface area (Å²) in [6.07, 6.45) is 1.09. The van der Waals surface area contributed by atoms with Crippen molar-refractivity contribution in [2.45, 2.75) is 26.4 Å². The number of halogens is 1. The molecule has 0 aliphatic heterocycles. The molecular weight excluding hydrogens is 423 g/mol. The summed E-state index contributed by atoms with van der Waals surface area (Å²) in [7, 11) is -2.16. The molecule has 1 amide bonds. The highest BCUT2D eigenvalue weighted by molar-refractivity contribution is 7.92. The Morgan fingerprint density at radius 2 is 1.87 bits per heavy atom. The number of sulfonamides is 1. The van der Waals surface area contributed by atoms with E-state index < -0.39 is 27.3 Å². The van der Waals surface area contributed by atoms with Gasteiger partial charge in [0.05, 0.1) is 28.7 Å². The minimum Gasteiger partial charge on any atom is -0.386 e. The maximum Gasteiger partial charge on any atom is 0.270 e. The van der Waals surface area contributed by atoms with Gasteiger partial charge in [0.15, 0.2) is 0 Å². The second-order valence-electron chi connectivity index (χ2n) is 7.69. The topological polar surface area (TPSA) is 105 Å². The number of carbonyl (C=O) groups is 1. The van der Waals surface area contributed by atoms with E-state index in [9.17, 15) is 22.7 Å². The number of hydrogen-bond acceptors (Lipinski definition) is 5. The van der Waals surface area contributed by atoms with Gasteiger partial charge in [-0.2, -0.15) is 5.10 Å². The second-order valence-corrected chi connectivity index (χ2v) is 9.60. The van der Waals surface area contributed by atoms with Crippen molar-refractivity contribution in [3.8, 4) is 5.69 Å². The monoisotopic (exact) mass is 448 g/mol. The molecule has 0 radical (unpaired) electrons. The SMILES string of the molecule is CCN(c1cc2nn(-c3ccc(F)cc3)c(C(=O)NC)c2cc1C(C)(C)O)S(C)(=O)=O. The van der Waals surface area contributed by atoms with E-state index in [2.05, 4.69) is 10.4 Å². The summed E-state index contributed by atoms with van der Waals surface area (Å²) in [5.41, 5.74) is 0.197. The van der Waals surface area contributed by atoms with Gasteiger partial charge in [-0.25, -0.2) is 17.5 Å². The molecule has 0 bridgehead atoms. The lowest BCUT2D eigenvalue weighted by atomic mass is 9.94. The van der Waals surface area contributed by atoms with E-state index in [1.54, 1.807) is 19.1 Å². The third-order valence-electron chi connectivity index (χ3n) is 4.92. The number of fused-ring (bicyclic) bond motifs is 1. The zero-order chi connectivity index (χ0) is 23.1. The highest BCUT2D eigenvalue weighted by atomic mass is 32.2. The first-order valence-corrected chi connectivity index (χ1v) is 11.5. The third-order valence-corrected chi connectivity index (χ3v) is 6.17. The molecule has 8 nitrogen and oxygen atoms in total. The van der Waals surface area contributed by atoms with Crippen LogP contribution in [-0.4, -0.2) is 49.1 Å². The molecule has 0 spiro atoms. The van der Waals surface area contributed by atoms with E-state index in [-0.39, 0.29) is 17.9 Å². The lowest BCUT2D eigenvalue weighted by molar-refractivity contribution is 0.0792. The van der Waals surface area contributed by atoms with Crippen LogP contribution in [0.25, 0.3) is 16.6 Å². The van der Waals surface area contributed by atoms with Crippen LogP contribution in [0.5, 0.6) is 0 Å². The molecular formula is C21H25FN4O4S. The fraction of sp³-hybridized carbons (Fsp3) is 0.333. The van der Waals surface area contributed by atoms with Crippen molar-refractivity contribution < 1.29 is 22.7 Å². The van der Waals surface area contributed by atoms with Gasteiger partial charge in [-0.3, -0.25) is 9.10 Å². The van der Waals surface area contributed by atoms with Gasteiger partial charge in [0.2, 0.25) is 10.0 Å². The van der Waals surface area contributed by atoms with E-state index in [4.69, 9.17) is 0 Å². The maximum absolute atomic E-state index is 13.4. The zero-order valence-electron chi connectivity index (χ0n) is 18.0. The molecule has 0 aliphatic carbocycles. The highest BCUT2D eigenvalue weighted by Crippen LogP contribution is 2.37. The molecule has 10 heteroatoms. The normalized spacial score (nSPS) is 12.2. The number of nitrogens with one attached hydrogen (secondary N) is 1. The third kappa shape index (κ3) is 4.26. The molecule has 2 aromatic carbocycles. The summed E-state index contributed by atoms with van der Waals surface area (Å²) < 4.78 is 40.7. The molecule has 0 unspecified atom stereocenters. The molecule has 166 valence electrons. The number of nitrogens with zero attached hydrogens (tertiary/aromatic N) is 3. The molecule has 0 atom stereocenters. The minimum absolute atomic E-state index is 0.147. The van der Waals surface area contributed by atoms with E-state index >= 15 is 0 Å². The van der Waals surface area contributed by atoms with Gasteiger partial charge in [0.25, 0.3) is 5.91 Å². The molecule has 0 saturated heterocycles. The van der Waals surface area contributed by atoms with E-state index in [1.807, 2.05) is 0 Å². The minimum atomic E-state index is -3.63. The number of aliphatic hydroxyl groups is 1. The Labute approximate surface area is 180 Å². The Morgan fingerprint density at radius 3 is 2.35 bits per heavy atom. The van der Waals surface area contributed by atoms with Crippen LogP contribution in [0.2, 0.25) is 0 Å². The molecule has 3 aromatic rings. The van der Waals surface area contributed by atoms with Gasteiger partial charge in [0.1, 0.15) is 11.5 Å². The zero-order valence-corrected chi connectivity index (χ0v) is 18.8. The molecule has 1 aromatic heterocycles. The Balaban J connectivity index is 2.42. The van der Waals surface area contributed by atoms with Gasteiger partial charge in [-0.15, -0.1) is 0 Å². The molecule has 0 saturated carbocycles. The predicted molar refractivity (Wildman–Crippen MR) is 118 cm³/mol. The summed E-state index contributed by atoms with van der Waals surface area (Å²) in [6, 6.07) is 8.60. The second kappa shape index (κ2) is 7.93. The first kappa shape index (κ1) is 22.7. The summed E-state index contributed by atoms with van der Waals surface area (Å²) in [4.78, 5) is 12.7. The van der Waals surface area contributed by atoms with Crippen molar-refractivity contribution in [1.29, 1.82) is 0 Å². The van der Waals surface area contributed by atoms with E-state index in [0.717, 1.165) is 6.26 Å². The summed E-state index contributed by atoms with van der Waals surface area (Å²) in [6.45, 7) is 4.91. The summed E-state index contributed by atoms with van der Waals surface area (Å²) in [5, 5.41) is 18.3. The van der Waals surface area contributed by atoms with Crippen LogP contribution in [0, 0.1) is 5.82 Å². The highest BCUT2D eigenvalue weighted by Gasteiger charge is 2.30. The van der Waals surface area contributed by atoms with Gasteiger partial charge >= 0.3 is 0 Å². The van der Waals surface area contributed by atoms with Crippen LogP contribution >= 0.6 is 0 Å². The van der Waals surface area contributed by atoms with Gasteiger partial charge in [0, 0.05) is 24.5 Å². The van der Waals surface area contributed by atoms with Gasteiger partial charge < -0.3 is 10.4 Å². The fourth-order valence-electron chi connectivity index (χ4n) is 3.51.